The first kappa shape index (κ1) is 12.2. The SMILES string of the molecule is Cc1onc(N)c1-c1ccc(C2NC(=O)NC2=O)cc1. The molecule has 0 bridgehead atoms. The molecule has 1 atom stereocenters. The lowest BCUT2D eigenvalue weighted by Crippen LogP contribution is -2.22. The van der Waals surface area contributed by atoms with Gasteiger partial charge in [0.2, 0.25) is 0 Å². The number of urea groups is 1. The van der Waals surface area contributed by atoms with E-state index in [1.807, 2.05) is 12.1 Å². The van der Waals surface area contributed by atoms with Crippen LogP contribution in [0.4, 0.5) is 10.6 Å². The van der Waals surface area contributed by atoms with Crippen molar-refractivity contribution >= 4 is 17.8 Å². The highest BCUT2D eigenvalue weighted by molar-refractivity contribution is 6.04. The lowest BCUT2D eigenvalue weighted by Gasteiger charge is -2.08. The Morgan fingerprint density at radius 1 is 1.25 bits per heavy atom. The predicted octanol–water partition coefficient (Wildman–Crippen LogP) is 1.11. The topological polar surface area (TPSA) is 110 Å². The Morgan fingerprint density at radius 2 is 1.95 bits per heavy atom. The maximum Gasteiger partial charge on any atom is 0.322 e. The number of aryl methyl sites for hydroxylation is 1. The minimum Gasteiger partial charge on any atom is -0.380 e. The second-order valence-electron chi connectivity index (χ2n) is 4.52. The number of amides is 3. The zero-order valence-corrected chi connectivity index (χ0v) is 10.6. The number of nitrogen functional groups attached to an aromatic ring is 1. The standard InChI is InChI=1S/C13H12N4O3/c1-6-9(11(14)17-20-6)7-2-4-8(5-3-7)10-12(18)16-13(19)15-10/h2-5,10H,1H3,(H2,14,17)(H2,15,16,18,19). The average Bonchev–Trinajstić information content (AvgIpc) is 2.93. The van der Waals surface area contributed by atoms with Gasteiger partial charge in [0.15, 0.2) is 5.82 Å². The molecule has 1 aliphatic heterocycles. The first-order valence-corrected chi connectivity index (χ1v) is 5.99. The average molecular weight is 272 g/mol. The van der Waals surface area contributed by atoms with Crippen LogP contribution < -0.4 is 16.4 Å². The second kappa shape index (κ2) is 4.37. The van der Waals surface area contributed by atoms with E-state index in [9.17, 15) is 9.59 Å². The smallest absolute Gasteiger partial charge is 0.322 e. The Balaban J connectivity index is 1.92. The maximum absolute atomic E-state index is 11.6. The molecule has 102 valence electrons. The Kier molecular flexibility index (Phi) is 2.67. The molecule has 7 heteroatoms. The molecule has 1 unspecified atom stereocenters. The molecule has 2 heterocycles. The van der Waals surface area contributed by atoms with Crippen molar-refractivity contribution in [1.29, 1.82) is 0 Å². The molecule has 3 amide bonds. The number of nitrogens with two attached hydrogens (primary N) is 1. The third-order valence-corrected chi connectivity index (χ3v) is 3.20. The van der Waals surface area contributed by atoms with Crippen LogP contribution in [0.3, 0.4) is 0 Å². The van der Waals surface area contributed by atoms with Crippen LogP contribution in [0.25, 0.3) is 11.1 Å². The van der Waals surface area contributed by atoms with E-state index in [1.54, 1.807) is 19.1 Å². The molecule has 0 radical (unpaired) electrons. The number of hydrogen-bond donors (Lipinski definition) is 3. The fourth-order valence-corrected chi connectivity index (χ4v) is 2.23. The lowest BCUT2D eigenvalue weighted by molar-refractivity contribution is -0.120. The lowest BCUT2D eigenvalue weighted by atomic mass is 10.0. The molecule has 0 saturated carbocycles. The van der Waals surface area contributed by atoms with Crippen molar-refractivity contribution in [2.45, 2.75) is 13.0 Å². The third kappa shape index (κ3) is 1.89. The summed E-state index contributed by atoms with van der Waals surface area (Å²) >= 11 is 0. The number of benzene rings is 1. The van der Waals surface area contributed by atoms with Crippen LogP contribution in [-0.4, -0.2) is 17.1 Å². The van der Waals surface area contributed by atoms with Crippen LogP contribution in [0.2, 0.25) is 0 Å². The summed E-state index contributed by atoms with van der Waals surface area (Å²) in [6.07, 6.45) is 0. The fourth-order valence-electron chi connectivity index (χ4n) is 2.23. The summed E-state index contributed by atoms with van der Waals surface area (Å²) in [6.45, 7) is 1.78. The number of nitrogens with one attached hydrogen (secondary N) is 2. The summed E-state index contributed by atoms with van der Waals surface area (Å²) in [4.78, 5) is 22.7. The molecule has 0 spiro atoms. The van der Waals surface area contributed by atoms with E-state index in [0.717, 1.165) is 11.1 Å². The van der Waals surface area contributed by atoms with Gasteiger partial charge in [0.25, 0.3) is 5.91 Å². The minimum absolute atomic E-state index is 0.321. The van der Waals surface area contributed by atoms with E-state index in [-0.39, 0.29) is 5.91 Å². The van der Waals surface area contributed by atoms with Crippen molar-refractivity contribution in [3.8, 4) is 11.1 Å². The largest absolute Gasteiger partial charge is 0.380 e. The van der Waals surface area contributed by atoms with Gasteiger partial charge in [0.05, 0.1) is 5.56 Å². The molecule has 1 aliphatic rings. The number of nitrogens with zero attached hydrogens (tertiary/aromatic N) is 1. The van der Waals surface area contributed by atoms with Crippen molar-refractivity contribution in [2.24, 2.45) is 0 Å². The van der Waals surface area contributed by atoms with Crippen molar-refractivity contribution in [3.63, 3.8) is 0 Å². The maximum atomic E-state index is 11.6. The van der Waals surface area contributed by atoms with E-state index in [0.29, 0.717) is 17.1 Å². The Labute approximate surface area is 114 Å². The molecular weight excluding hydrogens is 260 g/mol. The number of aromatic nitrogens is 1. The van der Waals surface area contributed by atoms with Gasteiger partial charge in [-0.15, -0.1) is 0 Å². The number of imide groups is 1. The Morgan fingerprint density at radius 3 is 2.45 bits per heavy atom. The summed E-state index contributed by atoms with van der Waals surface area (Å²) in [7, 11) is 0. The number of hydrogen-bond acceptors (Lipinski definition) is 5. The predicted molar refractivity (Wildman–Crippen MR) is 70.5 cm³/mol. The first-order valence-electron chi connectivity index (χ1n) is 5.99. The summed E-state index contributed by atoms with van der Waals surface area (Å²) < 4.78 is 5.01. The van der Waals surface area contributed by atoms with Gasteiger partial charge in [-0.25, -0.2) is 4.79 Å². The van der Waals surface area contributed by atoms with E-state index < -0.39 is 12.1 Å². The number of rotatable bonds is 2. The Hall–Kier alpha value is -2.83. The fraction of sp³-hybridized carbons (Fsp3) is 0.154. The minimum atomic E-state index is -0.655. The molecule has 0 aliphatic carbocycles. The van der Waals surface area contributed by atoms with Crippen LogP contribution in [-0.2, 0) is 4.79 Å². The van der Waals surface area contributed by atoms with Crippen LogP contribution in [0, 0.1) is 6.92 Å². The van der Waals surface area contributed by atoms with E-state index in [2.05, 4.69) is 15.8 Å². The summed E-state index contributed by atoms with van der Waals surface area (Å²) in [5, 5.41) is 8.43. The van der Waals surface area contributed by atoms with Crippen LogP contribution in [0.1, 0.15) is 17.4 Å². The molecule has 7 nitrogen and oxygen atoms in total. The van der Waals surface area contributed by atoms with Crippen molar-refractivity contribution < 1.29 is 14.1 Å². The molecular formula is C13H12N4O3. The van der Waals surface area contributed by atoms with Crippen molar-refractivity contribution in [1.82, 2.24) is 15.8 Å². The molecule has 2 aromatic rings. The quantitative estimate of drug-likeness (QED) is 0.709. The highest BCUT2D eigenvalue weighted by Gasteiger charge is 2.30. The van der Waals surface area contributed by atoms with Gasteiger partial charge in [-0.05, 0) is 18.1 Å². The van der Waals surface area contributed by atoms with Crippen LogP contribution in [0.15, 0.2) is 28.8 Å². The van der Waals surface area contributed by atoms with Gasteiger partial charge in [0, 0.05) is 0 Å². The summed E-state index contributed by atoms with van der Waals surface area (Å²) in [5.74, 6) is 0.591. The highest BCUT2D eigenvalue weighted by atomic mass is 16.5. The molecule has 3 rings (SSSR count). The van der Waals surface area contributed by atoms with Gasteiger partial charge in [-0.2, -0.15) is 0 Å². The normalized spacial score (nSPS) is 17.9. The molecule has 20 heavy (non-hydrogen) atoms. The van der Waals surface area contributed by atoms with Gasteiger partial charge < -0.3 is 15.6 Å². The molecule has 1 aromatic heterocycles. The van der Waals surface area contributed by atoms with Crippen molar-refractivity contribution in [3.05, 3.63) is 35.6 Å². The third-order valence-electron chi connectivity index (χ3n) is 3.20. The number of carbonyl (C=O) groups is 2. The van der Waals surface area contributed by atoms with E-state index in [4.69, 9.17) is 10.3 Å². The molecule has 4 N–H and O–H groups in total. The number of carbonyl (C=O) groups excluding carboxylic acids is 2. The number of anilines is 1. The van der Waals surface area contributed by atoms with E-state index in [1.165, 1.54) is 0 Å². The van der Waals surface area contributed by atoms with Gasteiger partial charge in [0.1, 0.15) is 11.8 Å². The van der Waals surface area contributed by atoms with Crippen molar-refractivity contribution in [2.75, 3.05) is 5.73 Å². The molecule has 1 saturated heterocycles. The summed E-state index contributed by atoms with van der Waals surface area (Å²) in [6, 6.07) is 6.00. The van der Waals surface area contributed by atoms with Gasteiger partial charge in [-0.3, -0.25) is 10.1 Å². The second-order valence-corrected chi connectivity index (χ2v) is 4.52. The molecule has 1 aromatic carbocycles. The van der Waals surface area contributed by atoms with Gasteiger partial charge >= 0.3 is 6.03 Å². The van der Waals surface area contributed by atoms with Crippen LogP contribution in [0.5, 0.6) is 0 Å². The first-order chi connectivity index (χ1) is 9.56. The van der Waals surface area contributed by atoms with Gasteiger partial charge in [-0.1, -0.05) is 29.4 Å². The highest BCUT2D eigenvalue weighted by Crippen LogP contribution is 2.30. The Bertz CT molecular complexity index is 671. The summed E-state index contributed by atoms with van der Waals surface area (Å²) in [5.41, 5.74) is 8.02. The zero-order chi connectivity index (χ0) is 14.3. The van der Waals surface area contributed by atoms with Crippen LogP contribution >= 0.6 is 0 Å². The van der Waals surface area contributed by atoms with E-state index >= 15 is 0 Å². The molecule has 1 fully saturated rings. The zero-order valence-electron chi connectivity index (χ0n) is 10.6. The monoisotopic (exact) mass is 272 g/mol.